The predicted octanol–water partition coefficient (Wildman–Crippen LogP) is -0.137. The fourth-order valence-electron chi connectivity index (χ4n) is 2.79. The summed E-state index contributed by atoms with van der Waals surface area (Å²) in [5.41, 5.74) is 0.397. The maximum absolute atomic E-state index is 12.1. The molecule has 0 radical (unpaired) electrons. The monoisotopic (exact) mass is 483 g/mol. The van der Waals surface area contributed by atoms with Crippen LogP contribution >= 0.6 is 0 Å². The summed E-state index contributed by atoms with van der Waals surface area (Å²) in [6.07, 6.45) is -6.80. The van der Waals surface area contributed by atoms with Gasteiger partial charge in [0, 0.05) is 17.6 Å². The molecule has 186 valence electrons. The Balaban J connectivity index is 1.79. The Bertz CT molecular complexity index is 822. The number of hydrogen-bond donors (Lipinski definition) is 1. The lowest BCUT2D eigenvalue weighted by atomic mass is 10.1. The first kappa shape index (κ1) is 26.4. The zero-order chi connectivity index (χ0) is 25.4. The number of nitrogens with one attached hydrogen (secondary N) is 1. The lowest BCUT2D eigenvalue weighted by Crippen LogP contribution is -2.39. The third-order valence-electron chi connectivity index (χ3n) is 4.44. The highest BCUT2D eigenvalue weighted by Crippen LogP contribution is 2.32. The van der Waals surface area contributed by atoms with Crippen molar-refractivity contribution in [2.24, 2.45) is 0 Å². The van der Waals surface area contributed by atoms with Crippen LogP contribution in [0.1, 0.15) is 26.7 Å². The zero-order valence-electron chi connectivity index (χ0n) is 18.7. The molecule has 1 N–H and O–H groups in total. The van der Waals surface area contributed by atoms with Gasteiger partial charge in [-0.05, 0) is 20.3 Å². The zero-order valence-corrected chi connectivity index (χ0v) is 18.7. The number of alkyl carbamates (subject to hydrolysis) is 1. The Morgan fingerprint density at radius 2 is 1.35 bits per heavy atom. The van der Waals surface area contributed by atoms with E-state index in [0.717, 1.165) is 0 Å². The average molecular weight is 483 g/mol. The molecule has 2 aliphatic heterocycles. The molecule has 0 aromatic rings. The van der Waals surface area contributed by atoms with Crippen LogP contribution in [0.25, 0.3) is 0 Å². The van der Waals surface area contributed by atoms with E-state index in [0.29, 0.717) is 0 Å². The molecule has 13 heteroatoms. The summed E-state index contributed by atoms with van der Waals surface area (Å²) in [5.74, 6) is -4.00. The molecule has 0 aromatic carbocycles. The molecular formula is C21H25NO12. The third kappa shape index (κ3) is 7.05. The minimum atomic E-state index is -1.57. The molecule has 0 saturated carbocycles. The minimum Gasteiger partial charge on any atom is -0.462 e. The van der Waals surface area contributed by atoms with Gasteiger partial charge in [0.2, 0.25) is 12.2 Å². The van der Waals surface area contributed by atoms with Crippen LogP contribution in [0.4, 0.5) is 4.79 Å². The van der Waals surface area contributed by atoms with E-state index in [-0.39, 0.29) is 43.7 Å². The number of carbonyl (C=O) groups is 6. The van der Waals surface area contributed by atoms with Crippen molar-refractivity contribution in [1.82, 2.24) is 5.32 Å². The highest BCUT2D eigenvalue weighted by atomic mass is 16.7. The first-order chi connectivity index (χ1) is 16.0. The van der Waals surface area contributed by atoms with E-state index in [1.54, 1.807) is 0 Å². The van der Waals surface area contributed by atoms with Crippen LogP contribution in [-0.2, 0) is 52.4 Å². The molecule has 4 unspecified atom stereocenters. The fourth-order valence-corrected chi connectivity index (χ4v) is 2.79. The van der Waals surface area contributed by atoms with Gasteiger partial charge in [0.1, 0.15) is 6.61 Å². The summed E-state index contributed by atoms with van der Waals surface area (Å²) in [7, 11) is 0. The summed E-state index contributed by atoms with van der Waals surface area (Å²) in [6.45, 7) is 9.42. The van der Waals surface area contributed by atoms with Crippen LogP contribution in [0.5, 0.6) is 0 Å². The van der Waals surface area contributed by atoms with Gasteiger partial charge in [-0.15, -0.1) is 0 Å². The van der Waals surface area contributed by atoms with E-state index in [4.69, 9.17) is 28.4 Å². The molecule has 0 aromatic heterocycles. The van der Waals surface area contributed by atoms with Crippen LogP contribution in [0.3, 0.4) is 0 Å². The van der Waals surface area contributed by atoms with Gasteiger partial charge in [-0.1, -0.05) is 13.2 Å². The second-order valence-electron chi connectivity index (χ2n) is 7.40. The maximum Gasteiger partial charge on any atom is 0.408 e. The van der Waals surface area contributed by atoms with E-state index >= 15 is 0 Å². The summed E-state index contributed by atoms with van der Waals surface area (Å²) in [5, 5.41) is 2.26. The number of rotatable bonds is 11. The Morgan fingerprint density at radius 1 is 0.853 bits per heavy atom. The third-order valence-corrected chi connectivity index (χ3v) is 4.44. The Morgan fingerprint density at radius 3 is 1.88 bits per heavy atom. The topological polar surface area (TPSA) is 170 Å². The van der Waals surface area contributed by atoms with Gasteiger partial charge in [0.05, 0.1) is 13.2 Å². The number of hydrogen-bond acceptors (Lipinski definition) is 12. The van der Waals surface area contributed by atoms with Gasteiger partial charge >= 0.3 is 35.9 Å². The van der Waals surface area contributed by atoms with Gasteiger partial charge < -0.3 is 33.7 Å². The van der Waals surface area contributed by atoms with Crippen molar-refractivity contribution in [2.75, 3.05) is 19.8 Å². The summed E-state index contributed by atoms with van der Waals surface area (Å²) in [4.78, 5) is 70.7. The molecule has 13 nitrogen and oxygen atoms in total. The second kappa shape index (κ2) is 11.8. The van der Waals surface area contributed by atoms with Crippen molar-refractivity contribution < 1.29 is 57.2 Å². The Hall–Kier alpha value is -3.90. The van der Waals surface area contributed by atoms with Gasteiger partial charge in [-0.2, -0.15) is 0 Å². The Labute approximate surface area is 194 Å². The van der Waals surface area contributed by atoms with Crippen LogP contribution in [-0.4, -0.2) is 80.1 Å². The number of fused-ring (bicyclic) bond motifs is 1. The van der Waals surface area contributed by atoms with Gasteiger partial charge in [0.25, 0.3) is 0 Å². The second-order valence-corrected chi connectivity index (χ2v) is 7.40. The molecule has 2 fully saturated rings. The van der Waals surface area contributed by atoms with Crippen LogP contribution in [0.2, 0.25) is 0 Å². The number of amides is 1. The van der Waals surface area contributed by atoms with Crippen molar-refractivity contribution in [1.29, 1.82) is 0 Å². The number of ether oxygens (including phenoxy) is 6. The highest BCUT2D eigenvalue weighted by molar-refractivity contribution is 5.89. The van der Waals surface area contributed by atoms with E-state index < -0.39 is 60.4 Å². The van der Waals surface area contributed by atoms with Gasteiger partial charge in [-0.25, -0.2) is 24.0 Å². The first-order valence-electron chi connectivity index (χ1n) is 10.2. The lowest BCUT2D eigenvalue weighted by Gasteiger charge is -2.14. The predicted molar refractivity (Wildman–Crippen MR) is 109 cm³/mol. The van der Waals surface area contributed by atoms with Crippen molar-refractivity contribution >= 4 is 35.9 Å². The lowest BCUT2D eigenvalue weighted by molar-refractivity contribution is -0.170. The van der Waals surface area contributed by atoms with E-state index in [1.165, 1.54) is 13.8 Å². The molecule has 34 heavy (non-hydrogen) atoms. The molecule has 0 spiro atoms. The quantitative estimate of drug-likeness (QED) is 0.179. The smallest absolute Gasteiger partial charge is 0.408 e. The highest BCUT2D eigenvalue weighted by Gasteiger charge is 2.61. The van der Waals surface area contributed by atoms with Crippen molar-refractivity contribution in [3.63, 3.8) is 0 Å². The molecule has 4 atom stereocenters. The first-order valence-corrected chi connectivity index (χ1v) is 10.2. The van der Waals surface area contributed by atoms with Crippen LogP contribution in [0.15, 0.2) is 24.3 Å². The number of esters is 5. The average Bonchev–Trinajstić information content (AvgIpc) is 3.22. The maximum atomic E-state index is 12.1. The van der Waals surface area contributed by atoms with E-state index in [9.17, 15) is 28.8 Å². The number of carbonyl (C=O) groups excluding carboxylic acids is 6. The SMILES string of the molecule is C=C(C)C(=O)OCCCC(=O)OC1C(=O)OC2C(OC(=O)NCCOC(=O)C(=C)C)C(=O)OC12. The summed E-state index contributed by atoms with van der Waals surface area (Å²) < 4.78 is 29.7. The molecule has 0 aliphatic carbocycles. The van der Waals surface area contributed by atoms with Gasteiger partial charge in [0.15, 0.2) is 12.2 Å². The molecule has 0 bridgehead atoms. The molecule has 2 saturated heterocycles. The summed E-state index contributed by atoms with van der Waals surface area (Å²) >= 11 is 0. The molecule has 1 amide bonds. The summed E-state index contributed by atoms with van der Waals surface area (Å²) in [6, 6.07) is 0. The minimum absolute atomic E-state index is 0.0611. The van der Waals surface area contributed by atoms with Gasteiger partial charge in [-0.3, -0.25) is 4.79 Å². The van der Waals surface area contributed by atoms with Crippen LogP contribution in [0, 0.1) is 0 Å². The molecular weight excluding hydrogens is 458 g/mol. The fraction of sp³-hybridized carbons (Fsp3) is 0.524. The normalized spacial score (nSPS) is 22.5. The molecule has 2 aliphatic rings. The molecule has 2 rings (SSSR count). The van der Waals surface area contributed by atoms with E-state index in [2.05, 4.69) is 18.5 Å². The van der Waals surface area contributed by atoms with E-state index in [1.807, 2.05) is 0 Å². The largest absolute Gasteiger partial charge is 0.462 e. The molecule has 2 heterocycles. The van der Waals surface area contributed by atoms with Crippen molar-refractivity contribution in [2.45, 2.75) is 51.1 Å². The van der Waals surface area contributed by atoms with Crippen LogP contribution < -0.4 is 5.32 Å². The standard InChI is InChI=1S/C21H25NO12/c1-10(2)17(24)29-8-5-6-12(23)31-15-13-14(33-19(15)26)16(20(27)32-13)34-21(28)22-7-9-30-18(25)11(3)4/h13-16H,1,3,5-9H2,2,4H3,(H,22,28). The van der Waals surface area contributed by atoms with Crippen molar-refractivity contribution in [3.8, 4) is 0 Å². The van der Waals surface area contributed by atoms with Crippen molar-refractivity contribution in [3.05, 3.63) is 24.3 Å². The Kier molecular flexibility index (Phi) is 9.16.